The van der Waals surface area contributed by atoms with E-state index in [1.54, 1.807) is 0 Å². The van der Waals surface area contributed by atoms with Crippen LogP contribution in [0.1, 0.15) is 5.56 Å². The van der Waals surface area contributed by atoms with Gasteiger partial charge in [0.2, 0.25) is 5.91 Å². The Kier molecular flexibility index (Phi) is 2.74. The van der Waals surface area contributed by atoms with Crippen LogP contribution in [-0.2, 0) is 10.2 Å². The van der Waals surface area contributed by atoms with Crippen LogP contribution in [0.4, 0.5) is 5.69 Å². The fourth-order valence-electron chi connectivity index (χ4n) is 2.35. The van der Waals surface area contributed by atoms with E-state index in [1.165, 1.54) is 0 Å². The zero-order valence-corrected chi connectivity index (χ0v) is 9.51. The van der Waals surface area contributed by atoms with E-state index in [1.807, 2.05) is 36.4 Å². The standard InChI is InChI=1S/C12H12N2O.ClH/c15-11-12(6-3-7-13-8-12)9-4-1-2-5-10(9)14-11;/h1-6,13H,7-8H2,(H,14,15);1H/t12-;/m0./s1. The van der Waals surface area contributed by atoms with Crippen LogP contribution in [-0.4, -0.2) is 19.0 Å². The van der Waals surface area contributed by atoms with E-state index in [4.69, 9.17) is 0 Å². The molecule has 2 heterocycles. The number of benzene rings is 1. The number of carbonyl (C=O) groups excluding carboxylic acids is 1. The maximum absolute atomic E-state index is 12.0. The number of hydrogen-bond donors (Lipinski definition) is 2. The van der Waals surface area contributed by atoms with E-state index in [0.717, 1.165) is 17.8 Å². The number of para-hydroxylation sites is 1. The summed E-state index contributed by atoms with van der Waals surface area (Å²) >= 11 is 0. The van der Waals surface area contributed by atoms with Crippen LogP contribution in [0.3, 0.4) is 0 Å². The summed E-state index contributed by atoms with van der Waals surface area (Å²) in [5.41, 5.74) is 1.55. The molecule has 16 heavy (non-hydrogen) atoms. The minimum atomic E-state index is -0.477. The highest BCUT2D eigenvalue weighted by molar-refractivity contribution is 6.08. The van der Waals surface area contributed by atoms with E-state index in [-0.39, 0.29) is 18.3 Å². The topological polar surface area (TPSA) is 41.1 Å². The summed E-state index contributed by atoms with van der Waals surface area (Å²) in [5.74, 6) is 0.0761. The number of halogens is 1. The first-order chi connectivity index (χ1) is 7.33. The average Bonchev–Trinajstić information content (AvgIpc) is 2.55. The first kappa shape index (κ1) is 11.2. The molecule has 0 fully saturated rings. The van der Waals surface area contributed by atoms with Crippen LogP contribution >= 0.6 is 12.4 Å². The van der Waals surface area contributed by atoms with Crippen LogP contribution in [0.15, 0.2) is 36.4 Å². The molecule has 1 amide bonds. The van der Waals surface area contributed by atoms with Crippen molar-refractivity contribution in [1.82, 2.24) is 5.32 Å². The molecule has 2 aliphatic heterocycles. The van der Waals surface area contributed by atoms with Gasteiger partial charge in [-0.15, -0.1) is 12.4 Å². The largest absolute Gasteiger partial charge is 0.325 e. The molecule has 2 aliphatic rings. The quantitative estimate of drug-likeness (QED) is 0.670. The number of carbonyl (C=O) groups is 1. The summed E-state index contributed by atoms with van der Waals surface area (Å²) in [5, 5.41) is 6.17. The lowest BCUT2D eigenvalue weighted by atomic mass is 9.80. The molecule has 0 aliphatic carbocycles. The number of anilines is 1. The van der Waals surface area contributed by atoms with Crippen molar-refractivity contribution in [3.05, 3.63) is 42.0 Å². The van der Waals surface area contributed by atoms with E-state index in [9.17, 15) is 4.79 Å². The molecule has 0 bridgehead atoms. The van der Waals surface area contributed by atoms with Crippen LogP contribution < -0.4 is 10.6 Å². The SMILES string of the molecule is Cl.O=C1Nc2ccccc2[C@@]12C=CCNC2. The third-order valence-electron chi connectivity index (χ3n) is 3.13. The second-order valence-electron chi connectivity index (χ2n) is 4.00. The number of nitrogens with one attached hydrogen (secondary N) is 2. The number of amides is 1. The molecule has 4 heteroatoms. The van der Waals surface area contributed by atoms with Gasteiger partial charge in [-0.25, -0.2) is 0 Å². The van der Waals surface area contributed by atoms with Crippen molar-refractivity contribution < 1.29 is 4.79 Å². The van der Waals surface area contributed by atoms with Crippen molar-refractivity contribution in [2.24, 2.45) is 0 Å². The number of fused-ring (bicyclic) bond motifs is 2. The van der Waals surface area contributed by atoms with Gasteiger partial charge in [0.1, 0.15) is 5.41 Å². The molecule has 0 radical (unpaired) electrons. The van der Waals surface area contributed by atoms with Gasteiger partial charge in [0.05, 0.1) is 0 Å². The average molecular weight is 237 g/mol. The van der Waals surface area contributed by atoms with Crippen molar-refractivity contribution >= 4 is 24.0 Å². The Balaban J connectivity index is 0.000000963. The molecule has 0 saturated carbocycles. The number of hydrogen-bond acceptors (Lipinski definition) is 2. The lowest BCUT2D eigenvalue weighted by molar-refractivity contribution is -0.119. The van der Waals surface area contributed by atoms with Gasteiger partial charge in [0.15, 0.2) is 0 Å². The predicted molar refractivity (Wildman–Crippen MR) is 66.0 cm³/mol. The molecule has 0 unspecified atom stereocenters. The summed E-state index contributed by atoms with van der Waals surface area (Å²) in [6.45, 7) is 1.53. The Morgan fingerprint density at radius 1 is 1.25 bits per heavy atom. The third-order valence-corrected chi connectivity index (χ3v) is 3.13. The zero-order valence-electron chi connectivity index (χ0n) is 8.69. The molecular formula is C12H13ClN2O. The van der Waals surface area contributed by atoms with E-state index < -0.39 is 5.41 Å². The Morgan fingerprint density at radius 3 is 2.81 bits per heavy atom. The lowest BCUT2D eigenvalue weighted by Crippen LogP contribution is -2.44. The third kappa shape index (κ3) is 1.36. The van der Waals surface area contributed by atoms with Crippen molar-refractivity contribution in [2.45, 2.75) is 5.41 Å². The van der Waals surface area contributed by atoms with Gasteiger partial charge < -0.3 is 10.6 Å². The maximum atomic E-state index is 12.0. The Hall–Kier alpha value is -1.32. The van der Waals surface area contributed by atoms with Crippen LogP contribution in [0.5, 0.6) is 0 Å². The first-order valence-corrected chi connectivity index (χ1v) is 5.12. The predicted octanol–water partition coefficient (Wildman–Crippen LogP) is 1.46. The van der Waals surface area contributed by atoms with E-state index >= 15 is 0 Å². The zero-order chi connectivity index (χ0) is 10.3. The molecule has 1 aromatic carbocycles. The Labute approximate surface area is 100 Å². The monoisotopic (exact) mass is 236 g/mol. The minimum Gasteiger partial charge on any atom is -0.325 e. The molecule has 84 valence electrons. The van der Waals surface area contributed by atoms with Crippen LogP contribution in [0.25, 0.3) is 0 Å². The molecule has 3 rings (SSSR count). The maximum Gasteiger partial charge on any atom is 0.240 e. The van der Waals surface area contributed by atoms with Crippen molar-refractivity contribution in [3.8, 4) is 0 Å². The second kappa shape index (κ2) is 3.92. The van der Waals surface area contributed by atoms with E-state index in [2.05, 4.69) is 10.6 Å². The normalized spacial score (nSPS) is 26.1. The lowest BCUT2D eigenvalue weighted by Gasteiger charge is -2.27. The van der Waals surface area contributed by atoms with Gasteiger partial charge in [0.25, 0.3) is 0 Å². The van der Waals surface area contributed by atoms with Gasteiger partial charge >= 0.3 is 0 Å². The van der Waals surface area contributed by atoms with E-state index in [0.29, 0.717) is 6.54 Å². The second-order valence-corrected chi connectivity index (χ2v) is 4.00. The summed E-state index contributed by atoms with van der Waals surface area (Å²) in [6.07, 6.45) is 4.04. The fraction of sp³-hybridized carbons (Fsp3) is 0.250. The highest BCUT2D eigenvalue weighted by Gasteiger charge is 2.44. The van der Waals surface area contributed by atoms with Crippen molar-refractivity contribution in [3.63, 3.8) is 0 Å². The smallest absolute Gasteiger partial charge is 0.240 e. The van der Waals surface area contributed by atoms with Crippen molar-refractivity contribution in [1.29, 1.82) is 0 Å². The summed E-state index contributed by atoms with van der Waals surface area (Å²) < 4.78 is 0. The van der Waals surface area contributed by atoms with Gasteiger partial charge in [-0.2, -0.15) is 0 Å². The Morgan fingerprint density at radius 2 is 2.06 bits per heavy atom. The summed E-state index contributed by atoms with van der Waals surface area (Å²) in [4.78, 5) is 12.0. The molecular weight excluding hydrogens is 224 g/mol. The summed E-state index contributed by atoms with van der Waals surface area (Å²) in [7, 11) is 0. The van der Waals surface area contributed by atoms with Crippen LogP contribution in [0, 0.1) is 0 Å². The molecule has 0 aromatic heterocycles. The molecule has 2 N–H and O–H groups in total. The van der Waals surface area contributed by atoms with Crippen LogP contribution in [0.2, 0.25) is 0 Å². The molecule has 1 spiro atoms. The van der Waals surface area contributed by atoms with Gasteiger partial charge in [0, 0.05) is 18.8 Å². The van der Waals surface area contributed by atoms with Crippen molar-refractivity contribution in [2.75, 3.05) is 18.4 Å². The molecule has 1 atom stereocenters. The first-order valence-electron chi connectivity index (χ1n) is 5.12. The highest BCUT2D eigenvalue weighted by Crippen LogP contribution is 2.39. The van der Waals surface area contributed by atoms with Gasteiger partial charge in [-0.3, -0.25) is 4.79 Å². The molecule has 0 saturated heterocycles. The summed E-state index contributed by atoms with van der Waals surface area (Å²) in [6, 6.07) is 7.89. The van der Waals surface area contributed by atoms with Gasteiger partial charge in [-0.1, -0.05) is 30.4 Å². The molecule has 1 aromatic rings. The van der Waals surface area contributed by atoms with Gasteiger partial charge in [-0.05, 0) is 11.6 Å². The Bertz CT molecular complexity index is 458. The highest BCUT2D eigenvalue weighted by atomic mass is 35.5. The minimum absolute atomic E-state index is 0. The number of rotatable bonds is 0. The fourth-order valence-corrected chi connectivity index (χ4v) is 2.35. The molecule has 3 nitrogen and oxygen atoms in total.